The van der Waals surface area contributed by atoms with E-state index in [1.807, 2.05) is 0 Å². The summed E-state index contributed by atoms with van der Waals surface area (Å²) in [6, 6.07) is 6.85. The van der Waals surface area contributed by atoms with Crippen molar-refractivity contribution in [3.05, 3.63) is 42.2 Å². The normalized spacial score (nSPS) is 23.8. The summed E-state index contributed by atoms with van der Waals surface area (Å²) in [6.45, 7) is 3.28. The van der Waals surface area contributed by atoms with Gasteiger partial charge in [0.2, 0.25) is 5.89 Å². The zero-order valence-electron chi connectivity index (χ0n) is 14.3. The molecule has 134 valence electrons. The molecule has 2 aliphatic rings. The Hall–Kier alpha value is -1.76. The predicted molar refractivity (Wildman–Crippen MR) is 92.3 cm³/mol. The maximum Gasteiger partial charge on any atom is 0.209 e. The van der Waals surface area contributed by atoms with Crippen LogP contribution in [0.5, 0.6) is 0 Å². The van der Waals surface area contributed by atoms with Gasteiger partial charge in [0.15, 0.2) is 5.76 Å². The monoisotopic (exact) mass is 345 g/mol. The van der Waals surface area contributed by atoms with Crippen LogP contribution < -0.4 is 5.73 Å². The van der Waals surface area contributed by atoms with Crippen LogP contribution in [0.1, 0.15) is 31.6 Å². The molecule has 0 radical (unpaired) electrons. The quantitative estimate of drug-likeness (QED) is 0.926. The number of oxazole rings is 1. The van der Waals surface area contributed by atoms with Crippen LogP contribution in [0.15, 0.2) is 34.9 Å². The molecule has 1 aromatic carbocycles. The van der Waals surface area contributed by atoms with Crippen molar-refractivity contribution in [2.45, 2.75) is 43.9 Å². The maximum absolute atomic E-state index is 13.9. The summed E-state index contributed by atoms with van der Waals surface area (Å²) in [6.07, 6.45) is 5.49. The third kappa shape index (κ3) is 3.61. The van der Waals surface area contributed by atoms with Crippen LogP contribution in [-0.2, 0) is 11.3 Å². The molecular weight excluding hydrogens is 321 g/mol. The number of likely N-dealkylation sites (tertiary alicyclic amines) is 1. The van der Waals surface area contributed by atoms with Gasteiger partial charge in [-0.3, -0.25) is 4.90 Å². The molecule has 0 amide bonds. The molecule has 2 aliphatic heterocycles. The van der Waals surface area contributed by atoms with Gasteiger partial charge >= 0.3 is 0 Å². The molecule has 2 N–H and O–H groups in total. The van der Waals surface area contributed by atoms with E-state index in [9.17, 15) is 4.39 Å². The standard InChI is InChI=1S/C19H24FN3O2/c20-16-4-2-1-3-15(16)17-12-22-18(25-17)13-23-8-6-19(7-9-23)11-14(21)5-10-24-19/h1-4,12,14H,5-11,13,21H2. The van der Waals surface area contributed by atoms with Crippen LogP contribution in [0.3, 0.4) is 0 Å². The van der Waals surface area contributed by atoms with Crippen molar-refractivity contribution in [3.8, 4) is 11.3 Å². The highest BCUT2D eigenvalue weighted by atomic mass is 19.1. The first-order valence-electron chi connectivity index (χ1n) is 8.95. The van der Waals surface area contributed by atoms with Gasteiger partial charge in [-0.15, -0.1) is 0 Å². The summed E-state index contributed by atoms with van der Waals surface area (Å²) in [5, 5.41) is 0. The molecule has 0 aliphatic carbocycles. The molecule has 1 atom stereocenters. The van der Waals surface area contributed by atoms with Gasteiger partial charge in [0, 0.05) is 25.7 Å². The summed E-state index contributed by atoms with van der Waals surface area (Å²) in [4.78, 5) is 6.63. The van der Waals surface area contributed by atoms with Crippen molar-refractivity contribution in [3.63, 3.8) is 0 Å². The molecule has 4 rings (SSSR count). The molecular formula is C19H24FN3O2. The predicted octanol–water partition coefficient (Wildman–Crippen LogP) is 2.95. The van der Waals surface area contributed by atoms with Crippen LogP contribution in [-0.4, -0.2) is 41.2 Å². The van der Waals surface area contributed by atoms with Gasteiger partial charge in [-0.25, -0.2) is 9.37 Å². The Morgan fingerprint density at radius 2 is 2.08 bits per heavy atom. The third-order valence-corrected chi connectivity index (χ3v) is 5.35. The van der Waals surface area contributed by atoms with Crippen molar-refractivity contribution in [1.82, 2.24) is 9.88 Å². The van der Waals surface area contributed by atoms with Crippen molar-refractivity contribution >= 4 is 0 Å². The number of hydrogen-bond donors (Lipinski definition) is 1. The topological polar surface area (TPSA) is 64.5 Å². The van der Waals surface area contributed by atoms with Gasteiger partial charge < -0.3 is 14.9 Å². The van der Waals surface area contributed by atoms with Gasteiger partial charge in [-0.05, 0) is 37.8 Å². The van der Waals surface area contributed by atoms with E-state index in [1.54, 1.807) is 24.4 Å². The largest absolute Gasteiger partial charge is 0.439 e. The molecule has 2 fully saturated rings. The lowest BCUT2D eigenvalue weighted by atomic mass is 9.82. The van der Waals surface area contributed by atoms with E-state index in [-0.39, 0.29) is 17.5 Å². The summed E-state index contributed by atoms with van der Waals surface area (Å²) < 4.78 is 25.7. The average Bonchev–Trinajstić information content (AvgIpc) is 3.06. The molecule has 2 saturated heterocycles. The fourth-order valence-electron chi connectivity index (χ4n) is 3.89. The number of piperidine rings is 1. The van der Waals surface area contributed by atoms with E-state index in [1.165, 1.54) is 6.07 Å². The van der Waals surface area contributed by atoms with E-state index in [4.69, 9.17) is 14.9 Å². The van der Waals surface area contributed by atoms with Crippen LogP contribution >= 0.6 is 0 Å². The minimum absolute atomic E-state index is 0.0386. The van der Waals surface area contributed by atoms with Crippen molar-refractivity contribution < 1.29 is 13.5 Å². The maximum atomic E-state index is 13.9. The van der Waals surface area contributed by atoms with Gasteiger partial charge in [0.1, 0.15) is 5.82 Å². The molecule has 3 heterocycles. The molecule has 25 heavy (non-hydrogen) atoms. The summed E-state index contributed by atoms with van der Waals surface area (Å²) in [5.74, 6) is 0.800. The molecule has 0 bridgehead atoms. The lowest BCUT2D eigenvalue weighted by molar-refractivity contribution is -0.117. The van der Waals surface area contributed by atoms with Gasteiger partial charge in [-0.1, -0.05) is 12.1 Å². The second-order valence-corrected chi connectivity index (χ2v) is 7.16. The summed E-state index contributed by atoms with van der Waals surface area (Å²) >= 11 is 0. The van der Waals surface area contributed by atoms with E-state index in [2.05, 4.69) is 9.88 Å². The Balaban J connectivity index is 1.37. The number of hydrogen-bond acceptors (Lipinski definition) is 5. The number of aromatic nitrogens is 1. The Bertz CT molecular complexity index is 725. The molecule has 0 saturated carbocycles. The first kappa shape index (κ1) is 16.7. The number of ether oxygens (including phenoxy) is 1. The molecule has 1 unspecified atom stereocenters. The Morgan fingerprint density at radius 1 is 1.28 bits per heavy atom. The van der Waals surface area contributed by atoms with E-state index >= 15 is 0 Å². The highest BCUT2D eigenvalue weighted by Gasteiger charge is 2.39. The van der Waals surface area contributed by atoms with Gasteiger partial charge in [-0.2, -0.15) is 0 Å². The van der Waals surface area contributed by atoms with Gasteiger partial charge in [0.25, 0.3) is 0 Å². The highest BCUT2D eigenvalue weighted by molar-refractivity contribution is 5.56. The third-order valence-electron chi connectivity index (χ3n) is 5.35. The summed E-state index contributed by atoms with van der Waals surface area (Å²) in [7, 11) is 0. The van der Waals surface area contributed by atoms with Crippen LogP contribution in [0.2, 0.25) is 0 Å². The Morgan fingerprint density at radius 3 is 2.84 bits per heavy atom. The zero-order valence-corrected chi connectivity index (χ0v) is 14.3. The first-order chi connectivity index (χ1) is 12.1. The second kappa shape index (κ2) is 6.86. The molecule has 1 spiro atoms. The lowest BCUT2D eigenvalue weighted by Crippen LogP contribution is -2.51. The van der Waals surface area contributed by atoms with Crippen molar-refractivity contribution in [2.24, 2.45) is 5.73 Å². The first-order valence-corrected chi connectivity index (χ1v) is 8.95. The Labute approximate surface area is 147 Å². The van der Waals surface area contributed by atoms with Crippen molar-refractivity contribution in [1.29, 1.82) is 0 Å². The Kier molecular flexibility index (Phi) is 4.58. The highest BCUT2D eigenvalue weighted by Crippen LogP contribution is 2.35. The molecule has 1 aromatic heterocycles. The molecule has 2 aromatic rings. The number of rotatable bonds is 3. The molecule has 6 heteroatoms. The SMILES string of the molecule is NC1CCOC2(CCN(Cc3ncc(-c4ccccc4F)o3)CC2)C1. The number of halogens is 1. The minimum atomic E-state index is -0.295. The van der Waals surface area contributed by atoms with Crippen LogP contribution in [0.4, 0.5) is 4.39 Å². The van der Waals surface area contributed by atoms with Crippen LogP contribution in [0.25, 0.3) is 11.3 Å². The lowest BCUT2D eigenvalue weighted by Gasteiger charge is -2.45. The molecule has 5 nitrogen and oxygen atoms in total. The van der Waals surface area contributed by atoms with E-state index in [0.29, 0.717) is 23.8 Å². The van der Waals surface area contributed by atoms with E-state index in [0.717, 1.165) is 45.4 Å². The average molecular weight is 345 g/mol. The summed E-state index contributed by atoms with van der Waals surface area (Å²) in [5.41, 5.74) is 6.53. The van der Waals surface area contributed by atoms with E-state index < -0.39 is 0 Å². The number of nitrogens with two attached hydrogens (primary N) is 1. The smallest absolute Gasteiger partial charge is 0.209 e. The minimum Gasteiger partial charge on any atom is -0.439 e. The van der Waals surface area contributed by atoms with Crippen molar-refractivity contribution in [2.75, 3.05) is 19.7 Å². The number of benzene rings is 1. The van der Waals surface area contributed by atoms with Crippen LogP contribution in [0, 0.1) is 5.82 Å². The zero-order chi connectivity index (χ0) is 17.3. The number of nitrogens with zero attached hydrogens (tertiary/aromatic N) is 2. The fourth-order valence-corrected chi connectivity index (χ4v) is 3.89. The second-order valence-electron chi connectivity index (χ2n) is 7.16. The fraction of sp³-hybridized carbons (Fsp3) is 0.526. The van der Waals surface area contributed by atoms with Gasteiger partial charge in [0.05, 0.1) is 23.9 Å².